The Labute approximate surface area is 168 Å². The Kier molecular flexibility index (Phi) is 6.49. The molecule has 0 aliphatic carbocycles. The predicted molar refractivity (Wildman–Crippen MR) is 107 cm³/mol. The fraction of sp³-hybridized carbons (Fsp3) is 0.250. The summed E-state index contributed by atoms with van der Waals surface area (Å²) in [6.07, 6.45) is 0. The predicted octanol–water partition coefficient (Wildman–Crippen LogP) is 3.44. The number of carbonyl (C=O) groups is 1. The second-order valence-corrected chi connectivity index (χ2v) is 6.35. The molecule has 1 aromatic heterocycles. The zero-order valence-electron chi connectivity index (χ0n) is 15.7. The quantitative estimate of drug-likeness (QED) is 0.586. The molecule has 0 atom stereocenters. The van der Waals surface area contributed by atoms with E-state index in [2.05, 4.69) is 15.5 Å². The van der Waals surface area contributed by atoms with Crippen LogP contribution in [0.4, 0.5) is 0 Å². The van der Waals surface area contributed by atoms with Gasteiger partial charge in [0.2, 0.25) is 0 Å². The van der Waals surface area contributed by atoms with Crippen molar-refractivity contribution in [1.29, 1.82) is 0 Å². The number of amides is 1. The third-order valence-corrected chi connectivity index (χ3v) is 4.06. The second kappa shape index (κ2) is 9.23. The van der Waals surface area contributed by atoms with Crippen LogP contribution in [0.25, 0.3) is 5.69 Å². The first-order valence-electron chi connectivity index (χ1n) is 8.90. The van der Waals surface area contributed by atoms with E-state index in [4.69, 9.17) is 21.1 Å². The van der Waals surface area contributed by atoms with Gasteiger partial charge < -0.3 is 14.8 Å². The maximum Gasteiger partial charge on any atom is 0.273 e. The highest BCUT2D eigenvalue weighted by molar-refractivity contribution is 6.30. The number of benzene rings is 2. The number of carbonyl (C=O) groups excluding carboxylic acids is 1. The summed E-state index contributed by atoms with van der Waals surface area (Å²) < 4.78 is 11.0. The van der Waals surface area contributed by atoms with E-state index in [1.54, 1.807) is 25.1 Å². The molecule has 0 spiro atoms. The van der Waals surface area contributed by atoms with Crippen LogP contribution in [0.3, 0.4) is 0 Å². The van der Waals surface area contributed by atoms with Crippen molar-refractivity contribution < 1.29 is 14.3 Å². The monoisotopic (exact) mass is 400 g/mol. The van der Waals surface area contributed by atoms with E-state index >= 15 is 0 Å². The van der Waals surface area contributed by atoms with Crippen LogP contribution in [-0.4, -0.2) is 40.7 Å². The van der Waals surface area contributed by atoms with Crippen LogP contribution in [0.1, 0.15) is 23.1 Å². The van der Waals surface area contributed by atoms with Gasteiger partial charge in [0.1, 0.15) is 18.1 Å². The molecule has 0 bridgehead atoms. The number of aryl methyl sites for hydroxylation is 1. The summed E-state index contributed by atoms with van der Waals surface area (Å²) in [5.41, 5.74) is 1.49. The lowest BCUT2D eigenvalue weighted by Crippen LogP contribution is -2.29. The molecule has 8 heteroatoms. The molecule has 146 valence electrons. The molecule has 0 unspecified atom stereocenters. The molecule has 1 heterocycles. The van der Waals surface area contributed by atoms with E-state index in [9.17, 15) is 4.79 Å². The van der Waals surface area contributed by atoms with E-state index in [-0.39, 0.29) is 11.6 Å². The van der Waals surface area contributed by atoms with Crippen LogP contribution < -0.4 is 14.8 Å². The van der Waals surface area contributed by atoms with Gasteiger partial charge in [-0.15, -0.1) is 5.10 Å². The number of rotatable bonds is 8. The van der Waals surface area contributed by atoms with Crippen LogP contribution in [0.2, 0.25) is 5.02 Å². The molecule has 3 aromatic rings. The Morgan fingerprint density at radius 1 is 1.11 bits per heavy atom. The fourth-order valence-electron chi connectivity index (χ4n) is 2.52. The molecule has 2 aromatic carbocycles. The molecule has 0 aliphatic rings. The fourth-order valence-corrected chi connectivity index (χ4v) is 2.71. The SMILES string of the molecule is CCOc1ccc(OCCNC(=O)c2nn(-c3cccc(Cl)c3)nc2C)cc1. The van der Waals surface area contributed by atoms with Gasteiger partial charge in [-0.1, -0.05) is 17.7 Å². The second-order valence-electron chi connectivity index (χ2n) is 5.91. The first-order chi connectivity index (χ1) is 13.6. The van der Waals surface area contributed by atoms with Gasteiger partial charge in [0.05, 0.1) is 24.5 Å². The van der Waals surface area contributed by atoms with E-state index in [0.29, 0.717) is 41.9 Å². The zero-order chi connectivity index (χ0) is 19.9. The Balaban J connectivity index is 1.52. The van der Waals surface area contributed by atoms with Gasteiger partial charge in [-0.3, -0.25) is 4.79 Å². The van der Waals surface area contributed by atoms with Gasteiger partial charge in [-0.05, 0) is 56.3 Å². The van der Waals surface area contributed by atoms with Gasteiger partial charge in [0, 0.05) is 5.02 Å². The maximum atomic E-state index is 12.4. The van der Waals surface area contributed by atoms with Crippen LogP contribution >= 0.6 is 11.6 Å². The summed E-state index contributed by atoms with van der Waals surface area (Å²) in [7, 11) is 0. The van der Waals surface area contributed by atoms with Crippen LogP contribution in [0.15, 0.2) is 48.5 Å². The summed E-state index contributed by atoms with van der Waals surface area (Å²) in [6, 6.07) is 14.4. The maximum absolute atomic E-state index is 12.4. The number of aromatic nitrogens is 3. The lowest BCUT2D eigenvalue weighted by molar-refractivity contribution is 0.0941. The molecular formula is C20H21ClN4O3. The van der Waals surface area contributed by atoms with Gasteiger partial charge in [-0.2, -0.15) is 9.90 Å². The topological polar surface area (TPSA) is 78.3 Å². The summed E-state index contributed by atoms with van der Waals surface area (Å²) in [4.78, 5) is 13.8. The molecule has 0 aliphatic heterocycles. The Bertz CT molecular complexity index is 941. The van der Waals surface area contributed by atoms with E-state index in [1.165, 1.54) is 4.80 Å². The number of halogens is 1. The number of ether oxygens (including phenoxy) is 2. The van der Waals surface area contributed by atoms with Crippen molar-refractivity contribution in [2.24, 2.45) is 0 Å². The molecule has 3 rings (SSSR count). The van der Waals surface area contributed by atoms with Crippen LogP contribution in [-0.2, 0) is 0 Å². The normalized spacial score (nSPS) is 10.5. The molecular weight excluding hydrogens is 380 g/mol. The first kappa shape index (κ1) is 19.7. The van der Waals surface area contributed by atoms with Gasteiger partial charge in [0.25, 0.3) is 5.91 Å². The van der Waals surface area contributed by atoms with Crippen molar-refractivity contribution in [2.75, 3.05) is 19.8 Å². The largest absolute Gasteiger partial charge is 0.494 e. The van der Waals surface area contributed by atoms with Crippen molar-refractivity contribution >= 4 is 17.5 Å². The van der Waals surface area contributed by atoms with E-state index < -0.39 is 0 Å². The highest BCUT2D eigenvalue weighted by atomic mass is 35.5. The average Bonchev–Trinajstić information content (AvgIpc) is 3.08. The molecule has 7 nitrogen and oxygen atoms in total. The van der Waals surface area contributed by atoms with Crippen molar-refractivity contribution in [3.63, 3.8) is 0 Å². The van der Waals surface area contributed by atoms with Crippen molar-refractivity contribution in [3.8, 4) is 17.2 Å². The third-order valence-electron chi connectivity index (χ3n) is 3.83. The van der Waals surface area contributed by atoms with Gasteiger partial charge >= 0.3 is 0 Å². The van der Waals surface area contributed by atoms with Crippen LogP contribution in [0.5, 0.6) is 11.5 Å². The lowest BCUT2D eigenvalue weighted by Gasteiger charge is -2.08. The minimum atomic E-state index is -0.305. The average molecular weight is 401 g/mol. The van der Waals surface area contributed by atoms with Crippen molar-refractivity contribution in [3.05, 3.63) is 64.9 Å². The smallest absolute Gasteiger partial charge is 0.273 e. The Morgan fingerprint density at radius 3 is 2.50 bits per heavy atom. The standard InChI is InChI=1S/C20H21ClN4O3/c1-3-27-17-7-9-18(10-8-17)28-12-11-22-20(26)19-14(2)23-25(24-19)16-6-4-5-15(21)13-16/h4-10,13H,3,11-12H2,1-2H3,(H,22,26). The highest BCUT2D eigenvalue weighted by Gasteiger charge is 2.16. The number of nitrogens with zero attached hydrogens (tertiary/aromatic N) is 3. The Hall–Kier alpha value is -3.06. The summed E-state index contributed by atoms with van der Waals surface area (Å²) in [5, 5.41) is 11.9. The summed E-state index contributed by atoms with van der Waals surface area (Å²) in [5.74, 6) is 1.20. The third kappa shape index (κ3) is 5.01. The lowest BCUT2D eigenvalue weighted by atomic mass is 10.3. The Morgan fingerprint density at radius 2 is 1.82 bits per heavy atom. The molecule has 1 amide bonds. The molecule has 28 heavy (non-hydrogen) atoms. The number of hydrogen-bond donors (Lipinski definition) is 1. The zero-order valence-corrected chi connectivity index (χ0v) is 16.4. The summed E-state index contributed by atoms with van der Waals surface area (Å²) in [6.45, 7) is 4.96. The van der Waals surface area contributed by atoms with Gasteiger partial charge in [-0.25, -0.2) is 0 Å². The first-order valence-corrected chi connectivity index (χ1v) is 9.28. The van der Waals surface area contributed by atoms with E-state index in [1.807, 2.05) is 37.3 Å². The number of hydrogen-bond acceptors (Lipinski definition) is 5. The molecule has 0 saturated carbocycles. The minimum Gasteiger partial charge on any atom is -0.494 e. The molecule has 0 radical (unpaired) electrons. The van der Waals surface area contributed by atoms with E-state index in [0.717, 1.165) is 5.75 Å². The molecule has 0 saturated heterocycles. The number of nitrogens with one attached hydrogen (secondary N) is 1. The van der Waals surface area contributed by atoms with Crippen molar-refractivity contribution in [2.45, 2.75) is 13.8 Å². The minimum absolute atomic E-state index is 0.265. The van der Waals surface area contributed by atoms with Gasteiger partial charge in [0.15, 0.2) is 5.69 Å². The molecule has 0 fully saturated rings. The molecule has 1 N–H and O–H groups in total. The summed E-state index contributed by atoms with van der Waals surface area (Å²) >= 11 is 5.99. The van der Waals surface area contributed by atoms with Crippen molar-refractivity contribution in [1.82, 2.24) is 20.3 Å². The van der Waals surface area contributed by atoms with Crippen LogP contribution in [0, 0.1) is 6.92 Å². The highest BCUT2D eigenvalue weighted by Crippen LogP contribution is 2.17.